The van der Waals surface area contributed by atoms with E-state index in [-0.39, 0.29) is 12.7 Å². The third-order valence-electron chi connectivity index (χ3n) is 5.15. The lowest BCUT2D eigenvalue weighted by Gasteiger charge is -2.10. The third kappa shape index (κ3) is 5.09. The van der Waals surface area contributed by atoms with Crippen LogP contribution in [-0.2, 0) is 13.2 Å². The highest BCUT2D eigenvalue weighted by Crippen LogP contribution is 2.27. The van der Waals surface area contributed by atoms with Crippen LogP contribution in [0, 0.1) is 30.2 Å². The Morgan fingerprint density at radius 2 is 1.65 bits per heavy atom. The Bertz CT molecular complexity index is 1310. The summed E-state index contributed by atoms with van der Waals surface area (Å²) in [6.07, 6.45) is 1.76. The van der Waals surface area contributed by atoms with Gasteiger partial charge in [0.05, 0.1) is 6.54 Å². The highest BCUT2D eigenvalue weighted by molar-refractivity contribution is 6.03. The molecule has 4 aromatic rings. The molecule has 4 rings (SSSR count). The van der Waals surface area contributed by atoms with Gasteiger partial charge in [0.1, 0.15) is 6.61 Å². The highest BCUT2D eigenvalue weighted by atomic mass is 19.2. The van der Waals surface area contributed by atoms with Gasteiger partial charge < -0.3 is 10.1 Å². The number of carbonyl (C=O) groups is 1. The minimum atomic E-state index is -1.61. The Morgan fingerprint density at radius 3 is 2.32 bits per heavy atom. The number of benzene rings is 3. The second kappa shape index (κ2) is 9.78. The summed E-state index contributed by atoms with van der Waals surface area (Å²) in [6.45, 7) is 2.22. The van der Waals surface area contributed by atoms with Gasteiger partial charge in [0.15, 0.2) is 23.2 Å². The number of halogens is 4. The summed E-state index contributed by atoms with van der Waals surface area (Å²) in [7, 11) is 0. The zero-order chi connectivity index (χ0) is 24.2. The van der Waals surface area contributed by atoms with E-state index < -0.39 is 34.9 Å². The molecular formula is C25H19F4N3O2. The topological polar surface area (TPSA) is 56.2 Å². The molecule has 34 heavy (non-hydrogen) atoms. The number of ether oxygens (including phenoxy) is 1. The first-order valence-corrected chi connectivity index (χ1v) is 10.3. The van der Waals surface area contributed by atoms with Crippen molar-refractivity contribution in [1.82, 2.24) is 9.78 Å². The van der Waals surface area contributed by atoms with E-state index in [1.165, 1.54) is 24.3 Å². The average Bonchev–Trinajstić information content (AvgIpc) is 3.26. The fraction of sp³-hybridized carbons (Fsp3) is 0.120. The van der Waals surface area contributed by atoms with E-state index in [0.29, 0.717) is 23.5 Å². The first-order valence-electron chi connectivity index (χ1n) is 10.3. The second-order valence-corrected chi connectivity index (χ2v) is 7.56. The van der Waals surface area contributed by atoms with Gasteiger partial charge in [-0.1, -0.05) is 36.4 Å². The van der Waals surface area contributed by atoms with Crippen LogP contribution in [0.25, 0.3) is 0 Å². The molecule has 0 atom stereocenters. The summed E-state index contributed by atoms with van der Waals surface area (Å²) < 4.78 is 60.6. The Morgan fingerprint density at radius 1 is 0.971 bits per heavy atom. The number of aromatic nitrogens is 2. The number of nitrogens with zero attached hydrogens (tertiary/aromatic N) is 2. The van der Waals surface area contributed by atoms with E-state index in [0.717, 1.165) is 11.1 Å². The van der Waals surface area contributed by atoms with Crippen LogP contribution in [0.2, 0.25) is 0 Å². The summed E-state index contributed by atoms with van der Waals surface area (Å²) in [5.74, 6) is -7.50. The molecule has 0 saturated carbocycles. The van der Waals surface area contributed by atoms with Gasteiger partial charge in [-0.3, -0.25) is 9.48 Å². The molecule has 0 aliphatic carbocycles. The summed E-state index contributed by atoms with van der Waals surface area (Å²) in [6, 6.07) is 15.7. The Balaban J connectivity index is 1.37. The van der Waals surface area contributed by atoms with Gasteiger partial charge in [-0.15, -0.1) is 0 Å². The largest absolute Gasteiger partial charge is 0.483 e. The minimum Gasteiger partial charge on any atom is -0.483 e. The van der Waals surface area contributed by atoms with Crippen molar-refractivity contribution in [1.29, 1.82) is 0 Å². The number of anilines is 1. The molecule has 5 nitrogen and oxygen atoms in total. The lowest BCUT2D eigenvalue weighted by molar-refractivity contribution is 0.102. The van der Waals surface area contributed by atoms with Crippen LogP contribution in [0.4, 0.5) is 23.4 Å². The summed E-state index contributed by atoms with van der Waals surface area (Å²) in [4.78, 5) is 12.5. The van der Waals surface area contributed by atoms with Crippen molar-refractivity contribution < 1.29 is 27.1 Å². The first-order chi connectivity index (χ1) is 16.3. The average molecular weight is 469 g/mol. The van der Waals surface area contributed by atoms with E-state index in [4.69, 9.17) is 4.74 Å². The summed E-state index contributed by atoms with van der Waals surface area (Å²) >= 11 is 0. The Hall–Kier alpha value is -4.14. The molecule has 9 heteroatoms. The summed E-state index contributed by atoms with van der Waals surface area (Å²) in [5.41, 5.74) is 3.00. The van der Waals surface area contributed by atoms with Crippen LogP contribution < -0.4 is 10.1 Å². The number of hydrogen-bond donors (Lipinski definition) is 1. The van der Waals surface area contributed by atoms with Crippen LogP contribution in [0.3, 0.4) is 0 Å². The van der Waals surface area contributed by atoms with E-state index in [1.54, 1.807) is 16.9 Å². The van der Waals surface area contributed by atoms with Crippen LogP contribution in [-0.4, -0.2) is 15.7 Å². The van der Waals surface area contributed by atoms with Gasteiger partial charge in [0.25, 0.3) is 5.91 Å². The van der Waals surface area contributed by atoms with E-state index in [9.17, 15) is 22.4 Å². The summed E-state index contributed by atoms with van der Waals surface area (Å²) in [5, 5.41) is 7.05. The van der Waals surface area contributed by atoms with Gasteiger partial charge in [-0.05, 0) is 35.7 Å². The normalized spacial score (nSPS) is 10.9. The van der Waals surface area contributed by atoms with Gasteiger partial charge in [-0.2, -0.15) is 13.9 Å². The van der Waals surface area contributed by atoms with Gasteiger partial charge in [0.2, 0.25) is 11.6 Å². The Labute approximate surface area is 192 Å². The van der Waals surface area contributed by atoms with Crippen molar-refractivity contribution in [3.05, 3.63) is 112 Å². The quantitative estimate of drug-likeness (QED) is 0.282. The standard InChI is InChI=1S/C25H19F4N3O2/c1-15-4-2-3-5-18(15)13-32-11-10-21(31-32)30-25(33)17-8-6-16(7-9-17)14-34-24-22(28)19(26)12-20(27)23(24)29/h2-12H,13-14H2,1H3,(H,30,31,33). The molecule has 1 amide bonds. The molecule has 0 aliphatic heterocycles. The van der Waals surface area contributed by atoms with E-state index in [1.807, 2.05) is 31.2 Å². The maximum atomic E-state index is 13.7. The molecule has 0 radical (unpaired) electrons. The molecule has 0 spiro atoms. The molecule has 1 heterocycles. The minimum absolute atomic E-state index is 0.108. The molecule has 0 unspecified atom stereocenters. The predicted octanol–water partition coefficient (Wildman–Crippen LogP) is 5.63. The van der Waals surface area contributed by atoms with Crippen molar-refractivity contribution in [2.75, 3.05) is 5.32 Å². The zero-order valence-electron chi connectivity index (χ0n) is 18.0. The highest BCUT2D eigenvalue weighted by Gasteiger charge is 2.20. The molecule has 1 N–H and O–H groups in total. The molecule has 0 aliphatic rings. The molecule has 0 bridgehead atoms. The molecule has 174 valence electrons. The third-order valence-corrected chi connectivity index (χ3v) is 5.15. The number of aryl methyl sites for hydroxylation is 1. The monoisotopic (exact) mass is 469 g/mol. The molecule has 0 saturated heterocycles. The van der Waals surface area contributed by atoms with E-state index in [2.05, 4.69) is 10.4 Å². The smallest absolute Gasteiger partial charge is 0.256 e. The number of hydrogen-bond acceptors (Lipinski definition) is 3. The predicted molar refractivity (Wildman–Crippen MR) is 118 cm³/mol. The van der Waals surface area contributed by atoms with Crippen molar-refractivity contribution in [3.8, 4) is 5.75 Å². The van der Waals surface area contributed by atoms with Crippen LogP contribution >= 0.6 is 0 Å². The second-order valence-electron chi connectivity index (χ2n) is 7.56. The molecule has 3 aromatic carbocycles. The van der Waals surface area contributed by atoms with Crippen molar-refractivity contribution in [2.24, 2.45) is 0 Å². The molecule has 0 fully saturated rings. The number of rotatable bonds is 7. The van der Waals surface area contributed by atoms with Crippen molar-refractivity contribution in [3.63, 3.8) is 0 Å². The fourth-order valence-electron chi connectivity index (χ4n) is 3.25. The number of amides is 1. The lowest BCUT2D eigenvalue weighted by Crippen LogP contribution is -2.13. The molecule has 1 aromatic heterocycles. The molecular weight excluding hydrogens is 450 g/mol. The lowest BCUT2D eigenvalue weighted by atomic mass is 10.1. The van der Waals surface area contributed by atoms with Crippen LogP contribution in [0.5, 0.6) is 5.75 Å². The maximum Gasteiger partial charge on any atom is 0.256 e. The number of carbonyl (C=O) groups excluding carboxylic acids is 1. The zero-order valence-corrected chi connectivity index (χ0v) is 18.0. The van der Waals surface area contributed by atoms with Crippen molar-refractivity contribution in [2.45, 2.75) is 20.1 Å². The van der Waals surface area contributed by atoms with Gasteiger partial charge in [-0.25, -0.2) is 8.78 Å². The maximum absolute atomic E-state index is 13.7. The van der Waals surface area contributed by atoms with Gasteiger partial charge in [0, 0.05) is 23.9 Å². The fourth-order valence-corrected chi connectivity index (χ4v) is 3.25. The van der Waals surface area contributed by atoms with Gasteiger partial charge >= 0.3 is 0 Å². The van der Waals surface area contributed by atoms with E-state index >= 15 is 0 Å². The van der Waals surface area contributed by atoms with Crippen molar-refractivity contribution >= 4 is 11.7 Å². The Kier molecular flexibility index (Phi) is 6.62. The number of nitrogens with one attached hydrogen (secondary N) is 1. The first kappa shape index (κ1) is 23.0. The van der Waals surface area contributed by atoms with Crippen LogP contribution in [0.1, 0.15) is 27.0 Å². The SMILES string of the molecule is Cc1ccccc1Cn1ccc(NC(=O)c2ccc(COc3c(F)c(F)cc(F)c3F)cc2)n1. The van der Waals surface area contributed by atoms with Crippen LogP contribution in [0.15, 0.2) is 66.9 Å².